The quantitative estimate of drug-likeness (QED) is 0.0690. The van der Waals surface area contributed by atoms with Crippen molar-refractivity contribution >= 4 is 23.6 Å². The lowest BCUT2D eigenvalue weighted by Crippen LogP contribution is -2.47. The first kappa shape index (κ1) is 31.4. The summed E-state index contributed by atoms with van der Waals surface area (Å²) in [7, 11) is 0. The second kappa shape index (κ2) is 16.2. The number of ether oxygens (including phenoxy) is 2. The summed E-state index contributed by atoms with van der Waals surface area (Å²) in [5.41, 5.74) is 2.09. The van der Waals surface area contributed by atoms with Gasteiger partial charge in [-0.2, -0.15) is 4.99 Å². The zero-order valence-corrected chi connectivity index (χ0v) is 23.4. The van der Waals surface area contributed by atoms with E-state index >= 15 is 0 Å². The molecule has 3 aromatic rings. The maximum absolute atomic E-state index is 13.0. The molecular weight excluding hydrogens is 528 g/mol. The van der Waals surface area contributed by atoms with E-state index in [0.29, 0.717) is 43.1 Å². The van der Waals surface area contributed by atoms with Crippen molar-refractivity contribution in [1.29, 1.82) is 5.41 Å². The Labute approximate surface area is 239 Å². The lowest BCUT2D eigenvalue weighted by Gasteiger charge is -2.22. The molecule has 0 saturated heterocycles. The maximum atomic E-state index is 13.0. The number of guanidine groups is 2. The first-order valence-electron chi connectivity index (χ1n) is 13.3. The monoisotopic (exact) mass is 566 g/mol. The van der Waals surface area contributed by atoms with Crippen molar-refractivity contribution in [3.63, 3.8) is 0 Å². The van der Waals surface area contributed by atoms with Crippen molar-refractivity contribution in [1.82, 2.24) is 21.1 Å². The zero-order chi connectivity index (χ0) is 29.5. The second-order valence-corrected chi connectivity index (χ2v) is 9.44. The topological polar surface area (TPSA) is 174 Å². The van der Waals surface area contributed by atoms with Crippen LogP contribution in [0.3, 0.4) is 0 Å². The molecule has 6 N–H and O–H groups in total. The molecule has 0 amide bonds. The summed E-state index contributed by atoms with van der Waals surface area (Å²) in [5.74, 6) is 0.340. The second-order valence-electron chi connectivity index (χ2n) is 9.44. The normalized spacial score (nSPS) is 11.8. The van der Waals surface area contributed by atoms with Gasteiger partial charge in [0, 0.05) is 35.7 Å². The van der Waals surface area contributed by atoms with E-state index < -0.39 is 5.41 Å². The molecule has 0 unspecified atom stereocenters. The van der Waals surface area contributed by atoms with Crippen molar-refractivity contribution in [3.8, 4) is 0 Å². The third-order valence-corrected chi connectivity index (χ3v) is 6.04. The molecule has 0 aliphatic carbocycles. The van der Waals surface area contributed by atoms with Crippen LogP contribution in [0.2, 0.25) is 0 Å². The van der Waals surface area contributed by atoms with Crippen molar-refractivity contribution in [3.05, 3.63) is 83.0 Å². The van der Waals surface area contributed by atoms with Gasteiger partial charge in [0.2, 0.25) is 5.96 Å². The lowest BCUT2D eigenvalue weighted by molar-refractivity contribution is 0.0956. The van der Waals surface area contributed by atoms with Crippen LogP contribution in [0.15, 0.2) is 70.2 Å². The van der Waals surface area contributed by atoms with E-state index in [1.54, 1.807) is 24.3 Å². The molecule has 0 fully saturated rings. The number of hydrogen-bond donors (Lipinski definition) is 6. The Bertz CT molecular complexity index is 1280. The van der Waals surface area contributed by atoms with Crippen LogP contribution < -0.4 is 16.0 Å². The fourth-order valence-electron chi connectivity index (χ4n) is 3.77. The Hall–Kier alpha value is -4.10. The lowest BCUT2D eigenvalue weighted by atomic mass is 9.80. The number of hydrogen-bond acceptors (Lipinski definition) is 9. The number of aliphatic imine (C=N–C) groups is 1. The first-order chi connectivity index (χ1) is 19.8. The number of ketones is 1. The van der Waals surface area contributed by atoms with Gasteiger partial charge in [-0.1, -0.05) is 67.5 Å². The standard InChI is InChI=1S/C29H38N6O6/c1-29(2,23-10-6-9-22(19-23)26(38)21-7-4-3-5-8-21)24-20-25(41-35-24)33-28(32-12-16-40-18-14-37)34-27(30)31-11-15-39-17-13-36/h3-10,19-20,36-37H,11-18H2,1-2H3,(H4,30,31,32,33,34). The van der Waals surface area contributed by atoms with Crippen LogP contribution in [0.25, 0.3) is 0 Å². The minimum Gasteiger partial charge on any atom is -0.394 e. The molecule has 41 heavy (non-hydrogen) atoms. The highest BCUT2D eigenvalue weighted by Crippen LogP contribution is 2.33. The van der Waals surface area contributed by atoms with Crippen LogP contribution in [-0.2, 0) is 14.9 Å². The van der Waals surface area contributed by atoms with Gasteiger partial charge in [-0.3, -0.25) is 15.5 Å². The van der Waals surface area contributed by atoms with Gasteiger partial charge >= 0.3 is 0 Å². The van der Waals surface area contributed by atoms with Gasteiger partial charge in [0.15, 0.2) is 11.7 Å². The molecule has 0 bridgehead atoms. The average Bonchev–Trinajstić information content (AvgIpc) is 3.46. The predicted octanol–water partition coefficient (Wildman–Crippen LogP) is 1.94. The molecule has 0 saturated carbocycles. The van der Waals surface area contributed by atoms with Gasteiger partial charge in [-0.15, -0.1) is 0 Å². The Morgan fingerprint density at radius 2 is 1.59 bits per heavy atom. The van der Waals surface area contributed by atoms with Gasteiger partial charge in [-0.25, -0.2) is 0 Å². The van der Waals surface area contributed by atoms with E-state index in [-0.39, 0.29) is 50.0 Å². The Kier molecular flexibility index (Phi) is 12.4. The third kappa shape index (κ3) is 9.80. The summed E-state index contributed by atoms with van der Waals surface area (Å²) < 4.78 is 16.0. The summed E-state index contributed by atoms with van der Waals surface area (Å²) in [6.45, 7) is 5.60. The summed E-state index contributed by atoms with van der Waals surface area (Å²) in [6, 6.07) is 18.3. The van der Waals surface area contributed by atoms with E-state index in [1.807, 2.05) is 50.2 Å². The molecule has 12 heteroatoms. The number of benzene rings is 2. The van der Waals surface area contributed by atoms with Gasteiger partial charge in [0.25, 0.3) is 5.88 Å². The fourth-order valence-corrected chi connectivity index (χ4v) is 3.77. The Morgan fingerprint density at radius 1 is 0.927 bits per heavy atom. The van der Waals surface area contributed by atoms with Crippen LogP contribution >= 0.6 is 0 Å². The van der Waals surface area contributed by atoms with Crippen molar-refractivity contribution in [2.24, 2.45) is 4.99 Å². The van der Waals surface area contributed by atoms with E-state index in [0.717, 1.165) is 5.56 Å². The number of nitrogens with one attached hydrogen (secondary N) is 4. The maximum Gasteiger partial charge on any atom is 0.253 e. The van der Waals surface area contributed by atoms with E-state index in [4.69, 9.17) is 29.6 Å². The van der Waals surface area contributed by atoms with E-state index in [9.17, 15) is 4.79 Å². The molecule has 0 aliphatic rings. The number of aliphatic hydroxyl groups excluding tert-OH is 2. The highest BCUT2D eigenvalue weighted by Gasteiger charge is 2.28. The first-order valence-corrected chi connectivity index (χ1v) is 13.3. The molecule has 0 aliphatic heterocycles. The SMILES string of the molecule is CC(C)(c1cccc(C(=O)c2ccccc2)c1)c1cc(/N=C(\NCCOCCO)NC(=N)NCCOCCO)on1. The molecule has 0 spiro atoms. The molecule has 1 heterocycles. The van der Waals surface area contributed by atoms with Gasteiger partial charge in [-0.05, 0) is 11.6 Å². The van der Waals surface area contributed by atoms with E-state index in [1.165, 1.54) is 0 Å². The van der Waals surface area contributed by atoms with Crippen LogP contribution in [0.1, 0.15) is 41.0 Å². The zero-order valence-electron chi connectivity index (χ0n) is 23.4. The van der Waals surface area contributed by atoms with Gasteiger partial charge < -0.3 is 34.8 Å². The minimum absolute atomic E-state index is 0.0277. The van der Waals surface area contributed by atoms with E-state index in [2.05, 4.69) is 26.1 Å². The largest absolute Gasteiger partial charge is 0.394 e. The van der Waals surface area contributed by atoms with Crippen LogP contribution in [0.5, 0.6) is 0 Å². The number of aromatic nitrogens is 1. The van der Waals surface area contributed by atoms with Crippen molar-refractivity contribution in [2.75, 3.05) is 52.7 Å². The summed E-state index contributed by atoms with van der Waals surface area (Å²) in [4.78, 5) is 17.5. The summed E-state index contributed by atoms with van der Waals surface area (Å²) in [6.07, 6.45) is 0. The molecule has 0 radical (unpaired) electrons. The minimum atomic E-state index is -0.605. The molecule has 3 rings (SSSR count). The highest BCUT2D eigenvalue weighted by molar-refractivity contribution is 6.09. The molecule has 2 aromatic carbocycles. The molecule has 220 valence electrons. The predicted molar refractivity (Wildman–Crippen MR) is 155 cm³/mol. The summed E-state index contributed by atoms with van der Waals surface area (Å²) in [5, 5.41) is 38.8. The van der Waals surface area contributed by atoms with Crippen LogP contribution in [0, 0.1) is 5.41 Å². The summed E-state index contributed by atoms with van der Waals surface area (Å²) >= 11 is 0. The molecule has 12 nitrogen and oxygen atoms in total. The number of carbonyl (C=O) groups excluding carboxylic acids is 1. The fraction of sp³-hybridized carbons (Fsp3) is 0.379. The van der Waals surface area contributed by atoms with Crippen LogP contribution in [0.4, 0.5) is 5.88 Å². The highest BCUT2D eigenvalue weighted by atomic mass is 16.5. The van der Waals surface area contributed by atoms with Crippen molar-refractivity contribution in [2.45, 2.75) is 19.3 Å². The number of carbonyl (C=O) groups is 1. The van der Waals surface area contributed by atoms with Gasteiger partial charge in [0.1, 0.15) is 0 Å². The van der Waals surface area contributed by atoms with Crippen LogP contribution in [-0.4, -0.2) is 85.8 Å². The molecule has 1 aromatic heterocycles. The Morgan fingerprint density at radius 3 is 2.27 bits per heavy atom. The molecular formula is C29H38N6O6. The smallest absolute Gasteiger partial charge is 0.253 e. The van der Waals surface area contributed by atoms with Crippen molar-refractivity contribution < 1.29 is 29.0 Å². The average molecular weight is 567 g/mol. The third-order valence-electron chi connectivity index (χ3n) is 6.04. The number of rotatable bonds is 15. The number of aliphatic hydroxyl groups is 2. The molecule has 0 atom stereocenters. The Balaban J connectivity index is 1.74. The number of nitrogens with zero attached hydrogens (tertiary/aromatic N) is 2. The van der Waals surface area contributed by atoms with Gasteiger partial charge in [0.05, 0.1) is 45.3 Å².